The van der Waals surface area contributed by atoms with Gasteiger partial charge in [0.25, 0.3) is 0 Å². The summed E-state index contributed by atoms with van der Waals surface area (Å²) in [4.78, 5) is 0. The van der Waals surface area contributed by atoms with Gasteiger partial charge in [-0.15, -0.1) is 0 Å². The van der Waals surface area contributed by atoms with E-state index in [1.807, 2.05) is 0 Å². The second-order valence-electron chi connectivity index (χ2n) is 3.44. The zero-order valence-corrected chi connectivity index (χ0v) is 10.3. The van der Waals surface area contributed by atoms with E-state index in [0.717, 1.165) is 23.1 Å². The van der Waals surface area contributed by atoms with Crippen LogP contribution >= 0.6 is 15.9 Å². The van der Waals surface area contributed by atoms with Gasteiger partial charge in [-0.3, -0.25) is 0 Å². The summed E-state index contributed by atoms with van der Waals surface area (Å²) in [5.74, 6) is 0. The van der Waals surface area contributed by atoms with E-state index in [-0.39, 0.29) is 0 Å². The van der Waals surface area contributed by atoms with Crippen LogP contribution in [0.15, 0.2) is 34.8 Å². The predicted octanol–water partition coefficient (Wildman–Crippen LogP) is 4.14. The van der Waals surface area contributed by atoms with Gasteiger partial charge in [0.1, 0.15) is 0 Å². The fraction of sp³-hybridized carbons (Fsp3) is 0.333. The van der Waals surface area contributed by atoms with Crippen LogP contribution in [0.1, 0.15) is 18.9 Å². The summed E-state index contributed by atoms with van der Waals surface area (Å²) in [5, 5.41) is 3.36. The molecule has 0 aliphatic carbocycles. The van der Waals surface area contributed by atoms with Crippen molar-refractivity contribution >= 4 is 21.6 Å². The van der Waals surface area contributed by atoms with Gasteiger partial charge >= 0.3 is 0 Å². The smallest absolute Gasteiger partial charge is 0.0489 e. The lowest BCUT2D eigenvalue weighted by Gasteiger charge is -2.10. The van der Waals surface area contributed by atoms with Crippen molar-refractivity contribution in [1.82, 2.24) is 0 Å². The minimum absolute atomic E-state index is 0.846. The van der Waals surface area contributed by atoms with Crippen molar-refractivity contribution in [1.29, 1.82) is 0 Å². The van der Waals surface area contributed by atoms with Crippen LogP contribution in [0.5, 0.6) is 0 Å². The fourth-order valence-electron chi connectivity index (χ4n) is 1.12. The number of rotatable bonds is 4. The van der Waals surface area contributed by atoms with Crippen molar-refractivity contribution < 1.29 is 0 Å². The largest absolute Gasteiger partial charge is 0.380 e. The fourth-order valence-corrected chi connectivity index (χ4v) is 1.51. The van der Waals surface area contributed by atoms with Crippen molar-refractivity contribution in [3.8, 4) is 0 Å². The Kier molecular flexibility index (Phi) is 4.21. The normalized spacial score (nSPS) is 9.93. The minimum Gasteiger partial charge on any atom is -0.380 e. The first-order valence-electron chi connectivity index (χ1n) is 4.80. The number of halogens is 1. The van der Waals surface area contributed by atoms with Gasteiger partial charge in [0.05, 0.1) is 0 Å². The number of anilines is 1. The highest BCUT2D eigenvalue weighted by Crippen LogP contribution is 2.23. The molecule has 0 aliphatic heterocycles. The maximum atomic E-state index is 3.96. The monoisotopic (exact) mass is 253 g/mol. The molecular weight excluding hydrogens is 238 g/mol. The van der Waals surface area contributed by atoms with E-state index < -0.39 is 0 Å². The third-order valence-corrected chi connectivity index (χ3v) is 2.84. The summed E-state index contributed by atoms with van der Waals surface area (Å²) >= 11 is 3.51. The standard InChI is InChI=1S/C12H16BrN/c1-4-9(2)8-14-12-7-10(3)5-6-11(12)13/h5-7,14H,2,4,8H2,1,3H3. The topological polar surface area (TPSA) is 12.0 Å². The lowest BCUT2D eigenvalue weighted by molar-refractivity contribution is 1.05. The summed E-state index contributed by atoms with van der Waals surface area (Å²) in [6.45, 7) is 9.02. The number of benzene rings is 1. The molecule has 0 aliphatic rings. The Labute approximate surface area is 94.3 Å². The molecule has 0 bridgehead atoms. The third kappa shape index (κ3) is 3.18. The number of nitrogens with one attached hydrogen (secondary N) is 1. The molecule has 0 atom stereocenters. The Hall–Kier alpha value is -0.760. The molecule has 1 rings (SSSR count). The summed E-state index contributed by atoms with van der Waals surface area (Å²) in [5.41, 5.74) is 3.62. The molecular formula is C12H16BrN. The van der Waals surface area contributed by atoms with Crippen LogP contribution in [0, 0.1) is 6.92 Å². The quantitative estimate of drug-likeness (QED) is 0.796. The van der Waals surface area contributed by atoms with Crippen LogP contribution in [-0.4, -0.2) is 6.54 Å². The molecule has 76 valence electrons. The molecule has 2 heteroatoms. The van der Waals surface area contributed by atoms with E-state index in [4.69, 9.17) is 0 Å². The molecule has 1 aromatic carbocycles. The lowest BCUT2D eigenvalue weighted by Crippen LogP contribution is -2.04. The van der Waals surface area contributed by atoms with E-state index in [9.17, 15) is 0 Å². The van der Waals surface area contributed by atoms with Crippen molar-refractivity contribution in [2.75, 3.05) is 11.9 Å². The van der Waals surface area contributed by atoms with Gasteiger partial charge in [-0.25, -0.2) is 0 Å². The van der Waals surface area contributed by atoms with Gasteiger partial charge in [0.15, 0.2) is 0 Å². The zero-order chi connectivity index (χ0) is 10.6. The van der Waals surface area contributed by atoms with Crippen LogP contribution in [0.3, 0.4) is 0 Å². The number of aryl methyl sites for hydroxylation is 1. The van der Waals surface area contributed by atoms with Gasteiger partial charge < -0.3 is 5.32 Å². The molecule has 0 radical (unpaired) electrons. The summed E-state index contributed by atoms with van der Waals surface area (Å²) in [7, 11) is 0. The van der Waals surface area contributed by atoms with Gasteiger partial charge in [-0.05, 0) is 47.0 Å². The molecule has 0 saturated carbocycles. The Morgan fingerprint density at radius 3 is 2.86 bits per heavy atom. The molecule has 1 N–H and O–H groups in total. The molecule has 0 fully saturated rings. The first kappa shape index (κ1) is 11.3. The molecule has 0 aromatic heterocycles. The Morgan fingerprint density at radius 1 is 1.50 bits per heavy atom. The minimum atomic E-state index is 0.846. The second-order valence-corrected chi connectivity index (χ2v) is 4.29. The van der Waals surface area contributed by atoms with E-state index in [1.54, 1.807) is 0 Å². The van der Waals surface area contributed by atoms with Crippen molar-refractivity contribution in [3.63, 3.8) is 0 Å². The molecule has 0 spiro atoms. The average molecular weight is 254 g/mol. The highest BCUT2D eigenvalue weighted by Gasteiger charge is 1.99. The first-order chi connectivity index (χ1) is 6.63. The van der Waals surface area contributed by atoms with E-state index in [1.165, 1.54) is 11.1 Å². The zero-order valence-electron chi connectivity index (χ0n) is 8.73. The van der Waals surface area contributed by atoms with Crippen LogP contribution < -0.4 is 5.32 Å². The molecule has 0 amide bonds. The molecule has 1 nitrogen and oxygen atoms in total. The maximum absolute atomic E-state index is 3.96. The molecule has 1 aromatic rings. The Balaban J connectivity index is 2.66. The molecule has 14 heavy (non-hydrogen) atoms. The highest BCUT2D eigenvalue weighted by molar-refractivity contribution is 9.10. The maximum Gasteiger partial charge on any atom is 0.0489 e. The van der Waals surface area contributed by atoms with Gasteiger partial charge in [0, 0.05) is 16.7 Å². The van der Waals surface area contributed by atoms with E-state index in [2.05, 4.69) is 59.9 Å². The van der Waals surface area contributed by atoms with E-state index >= 15 is 0 Å². The van der Waals surface area contributed by atoms with Crippen LogP contribution in [0.25, 0.3) is 0 Å². The van der Waals surface area contributed by atoms with Gasteiger partial charge in [0.2, 0.25) is 0 Å². The second kappa shape index (κ2) is 5.20. The van der Waals surface area contributed by atoms with Crippen molar-refractivity contribution in [2.24, 2.45) is 0 Å². The van der Waals surface area contributed by atoms with Gasteiger partial charge in [-0.1, -0.05) is 25.1 Å². The summed E-state index contributed by atoms with van der Waals surface area (Å²) < 4.78 is 1.10. The third-order valence-electron chi connectivity index (χ3n) is 2.15. The number of hydrogen-bond acceptors (Lipinski definition) is 1. The SMILES string of the molecule is C=C(CC)CNc1cc(C)ccc1Br. The van der Waals surface area contributed by atoms with Crippen LogP contribution in [0.2, 0.25) is 0 Å². The average Bonchev–Trinajstić information content (AvgIpc) is 2.19. The summed E-state index contributed by atoms with van der Waals surface area (Å²) in [6.07, 6.45) is 1.02. The van der Waals surface area contributed by atoms with Crippen LogP contribution in [0.4, 0.5) is 5.69 Å². The molecule has 0 heterocycles. The molecule has 0 saturated heterocycles. The van der Waals surface area contributed by atoms with E-state index in [0.29, 0.717) is 0 Å². The Morgan fingerprint density at radius 2 is 2.21 bits per heavy atom. The lowest BCUT2D eigenvalue weighted by atomic mass is 10.2. The Bertz CT molecular complexity index is 331. The number of hydrogen-bond donors (Lipinski definition) is 1. The predicted molar refractivity (Wildman–Crippen MR) is 66.8 cm³/mol. The highest BCUT2D eigenvalue weighted by atomic mass is 79.9. The van der Waals surface area contributed by atoms with Crippen molar-refractivity contribution in [2.45, 2.75) is 20.3 Å². The first-order valence-corrected chi connectivity index (χ1v) is 5.59. The van der Waals surface area contributed by atoms with Gasteiger partial charge in [-0.2, -0.15) is 0 Å². The summed E-state index contributed by atoms with van der Waals surface area (Å²) in [6, 6.07) is 6.28. The van der Waals surface area contributed by atoms with Crippen LogP contribution in [-0.2, 0) is 0 Å². The molecule has 0 unspecified atom stereocenters. The van der Waals surface area contributed by atoms with Crippen molar-refractivity contribution in [3.05, 3.63) is 40.4 Å².